The second kappa shape index (κ2) is 5.42. The molecule has 0 saturated heterocycles. The van der Waals surface area contributed by atoms with Crippen LogP contribution in [-0.2, 0) is 20.0 Å². The molecule has 0 fully saturated rings. The Balaban J connectivity index is 3.78. The molecule has 0 atom stereocenters. The lowest BCUT2D eigenvalue weighted by Gasteiger charge is -2.24. The summed E-state index contributed by atoms with van der Waals surface area (Å²) in [4.78, 5) is 2.88. The van der Waals surface area contributed by atoms with Crippen LogP contribution in [0.4, 0.5) is 32.2 Å². The van der Waals surface area contributed by atoms with Crippen molar-refractivity contribution in [2.45, 2.75) is 11.0 Å². The van der Waals surface area contributed by atoms with Gasteiger partial charge in [0.05, 0.1) is 0 Å². The second-order valence-electron chi connectivity index (χ2n) is 3.43. The van der Waals surface area contributed by atoms with Crippen molar-refractivity contribution in [1.82, 2.24) is 4.98 Å². The van der Waals surface area contributed by atoms with Crippen LogP contribution in [0.1, 0.15) is 0 Å². The van der Waals surface area contributed by atoms with Crippen molar-refractivity contribution in [2.24, 2.45) is 0 Å². The Bertz CT molecular complexity index is 729. The van der Waals surface area contributed by atoms with Crippen molar-refractivity contribution in [1.29, 1.82) is 0 Å². The minimum Gasteiger partial charge on any atom is -0.237 e. The highest BCUT2D eigenvalue weighted by atomic mass is 35.5. The zero-order valence-corrected chi connectivity index (χ0v) is 12.1. The quantitative estimate of drug-likeness (QED) is 0.737. The summed E-state index contributed by atoms with van der Waals surface area (Å²) in [5.74, 6) is -1.68. The summed E-state index contributed by atoms with van der Waals surface area (Å²) in [6, 6.07) is 1.10. The molecular weight excluding hydrogens is 390 g/mol. The van der Waals surface area contributed by atoms with Gasteiger partial charge >= 0.3 is 31.1 Å². The van der Waals surface area contributed by atoms with E-state index < -0.39 is 45.6 Å². The Labute approximate surface area is 124 Å². The molecule has 1 rings (SSSR count). The van der Waals surface area contributed by atoms with Gasteiger partial charge in [-0.2, -0.15) is 43.2 Å². The molecule has 0 unspecified atom stereocenters. The molecule has 0 spiro atoms. The zero-order chi connectivity index (χ0) is 17.6. The van der Waals surface area contributed by atoms with Gasteiger partial charge in [-0.3, -0.25) is 0 Å². The lowest BCUT2D eigenvalue weighted by Crippen LogP contribution is -2.49. The molecule has 1 aromatic rings. The van der Waals surface area contributed by atoms with E-state index in [1.807, 2.05) is 0 Å². The number of hydrogen-bond donors (Lipinski definition) is 0. The molecule has 0 aliphatic carbocycles. The van der Waals surface area contributed by atoms with Gasteiger partial charge < -0.3 is 0 Å². The monoisotopic (exact) mass is 392 g/mol. The van der Waals surface area contributed by atoms with E-state index in [1.165, 1.54) is 0 Å². The zero-order valence-electron chi connectivity index (χ0n) is 9.72. The molecule has 6 nitrogen and oxygen atoms in total. The van der Waals surface area contributed by atoms with Crippen LogP contribution in [0, 0.1) is 0 Å². The lowest BCUT2D eigenvalue weighted by molar-refractivity contribution is -0.0462. The Hall–Kier alpha value is -1.28. The third-order valence-electron chi connectivity index (χ3n) is 1.92. The van der Waals surface area contributed by atoms with Gasteiger partial charge in [0.2, 0.25) is 0 Å². The van der Waals surface area contributed by atoms with E-state index >= 15 is 0 Å². The minimum absolute atomic E-state index is 0.216. The number of nitrogens with zero attached hydrogens (tertiary/aromatic N) is 2. The van der Waals surface area contributed by atoms with E-state index in [1.54, 1.807) is 0 Å². The predicted octanol–water partition coefficient (Wildman–Crippen LogP) is 2.24. The summed E-state index contributed by atoms with van der Waals surface area (Å²) >= 11 is 5.30. The van der Waals surface area contributed by atoms with Crippen molar-refractivity contribution < 1.29 is 43.2 Å². The fraction of sp³-hybridized carbons (Fsp3) is 0.286. The highest BCUT2D eigenvalue weighted by molar-refractivity contribution is 8.11. The van der Waals surface area contributed by atoms with Gasteiger partial charge in [0.15, 0.2) is 5.82 Å². The van der Waals surface area contributed by atoms with Crippen LogP contribution in [0.3, 0.4) is 0 Å². The fourth-order valence-electron chi connectivity index (χ4n) is 1.06. The lowest BCUT2D eigenvalue weighted by atomic mass is 10.5. The highest BCUT2D eigenvalue weighted by Gasteiger charge is 2.62. The topological polar surface area (TPSA) is 84.4 Å². The van der Waals surface area contributed by atoms with E-state index in [0.717, 1.165) is 6.07 Å². The fourth-order valence-corrected chi connectivity index (χ4v) is 3.82. The van der Waals surface area contributed by atoms with Gasteiger partial charge in [-0.25, -0.2) is 4.98 Å². The highest BCUT2D eigenvalue weighted by Crippen LogP contribution is 2.38. The third kappa shape index (κ3) is 3.22. The van der Waals surface area contributed by atoms with Gasteiger partial charge in [0.25, 0.3) is 0 Å². The Kier molecular flexibility index (Phi) is 4.62. The number of halogens is 7. The smallest absolute Gasteiger partial charge is 0.237 e. The van der Waals surface area contributed by atoms with Crippen LogP contribution >= 0.6 is 11.6 Å². The summed E-state index contributed by atoms with van der Waals surface area (Å²) in [6.07, 6.45) is 0.530. The molecule has 22 heavy (non-hydrogen) atoms. The predicted molar refractivity (Wildman–Crippen MR) is 61.7 cm³/mol. The molecule has 0 aromatic carbocycles. The normalized spacial score (nSPS) is 14.0. The first-order chi connectivity index (χ1) is 9.62. The summed E-state index contributed by atoms with van der Waals surface area (Å²) < 4.78 is 118. The number of sulfonamides is 2. The molecular formula is C7H3ClF6N2O4S2. The Morgan fingerprint density at radius 3 is 1.68 bits per heavy atom. The maximum absolute atomic E-state index is 12.5. The van der Waals surface area contributed by atoms with Crippen molar-refractivity contribution >= 4 is 37.5 Å². The van der Waals surface area contributed by atoms with E-state index in [9.17, 15) is 43.2 Å². The van der Waals surface area contributed by atoms with Crippen molar-refractivity contribution in [3.63, 3.8) is 0 Å². The van der Waals surface area contributed by atoms with Crippen molar-refractivity contribution in [2.75, 3.05) is 3.71 Å². The Morgan fingerprint density at radius 2 is 1.36 bits per heavy atom. The third-order valence-corrected chi connectivity index (χ3v) is 5.75. The first-order valence-corrected chi connectivity index (χ1v) is 7.93. The molecule has 15 heteroatoms. The summed E-state index contributed by atoms with van der Waals surface area (Å²) in [5.41, 5.74) is -12.6. The summed E-state index contributed by atoms with van der Waals surface area (Å²) in [6.45, 7) is 0. The van der Waals surface area contributed by atoms with E-state index in [-0.39, 0.29) is 6.07 Å². The van der Waals surface area contributed by atoms with E-state index in [4.69, 9.17) is 11.6 Å². The second-order valence-corrected chi connectivity index (χ2v) is 7.65. The van der Waals surface area contributed by atoms with Crippen LogP contribution < -0.4 is 3.71 Å². The molecule has 1 aromatic heterocycles. The molecule has 1 heterocycles. The molecule has 0 N–H and O–H groups in total. The number of pyridine rings is 1. The first-order valence-electron chi connectivity index (χ1n) is 4.67. The average Bonchev–Trinajstić information content (AvgIpc) is 2.24. The van der Waals surface area contributed by atoms with E-state index in [2.05, 4.69) is 4.98 Å². The number of anilines is 1. The van der Waals surface area contributed by atoms with Crippen molar-refractivity contribution in [3.8, 4) is 0 Å². The van der Waals surface area contributed by atoms with Crippen LogP contribution in [0.5, 0.6) is 0 Å². The molecule has 0 aliphatic rings. The maximum Gasteiger partial charge on any atom is 0.517 e. The van der Waals surface area contributed by atoms with Gasteiger partial charge in [0, 0.05) is 17.3 Å². The van der Waals surface area contributed by atoms with Gasteiger partial charge in [-0.1, -0.05) is 11.6 Å². The van der Waals surface area contributed by atoms with Gasteiger partial charge in [-0.15, -0.1) is 3.71 Å². The largest absolute Gasteiger partial charge is 0.517 e. The van der Waals surface area contributed by atoms with Crippen LogP contribution in [0.25, 0.3) is 0 Å². The number of alkyl halides is 6. The average molecular weight is 393 g/mol. The summed E-state index contributed by atoms with van der Waals surface area (Å²) in [7, 11) is -13.9. The van der Waals surface area contributed by atoms with Crippen LogP contribution in [-0.4, -0.2) is 32.8 Å². The molecule has 0 saturated carbocycles. The van der Waals surface area contributed by atoms with Crippen molar-refractivity contribution in [3.05, 3.63) is 23.4 Å². The van der Waals surface area contributed by atoms with Gasteiger partial charge in [0.1, 0.15) is 0 Å². The van der Waals surface area contributed by atoms with E-state index in [0.29, 0.717) is 6.20 Å². The standard InChI is InChI=1S/C7H3ClF6N2O4S2/c8-4-1-2-15-5(3-4)16(21(17,18)6(9,10)11)22(19,20)7(12,13)14/h1-3H. The maximum atomic E-state index is 12.5. The molecule has 0 bridgehead atoms. The molecule has 0 radical (unpaired) electrons. The molecule has 0 aliphatic heterocycles. The Morgan fingerprint density at radius 1 is 0.955 bits per heavy atom. The number of rotatable bonds is 3. The van der Waals surface area contributed by atoms with Crippen LogP contribution in [0.2, 0.25) is 5.02 Å². The molecule has 126 valence electrons. The summed E-state index contributed by atoms with van der Waals surface area (Å²) in [5, 5.41) is -0.537. The number of aromatic nitrogens is 1. The molecule has 0 amide bonds. The van der Waals surface area contributed by atoms with Crippen LogP contribution in [0.15, 0.2) is 18.3 Å². The number of hydrogen-bond acceptors (Lipinski definition) is 5. The van der Waals surface area contributed by atoms with Gasteiger partial charge in [-0.05, 0) is 6.07 Å². The first kappa shape index (κ1) is 18.8. The SMILES string of the molecule is O=S(=O)(N(c1cc(Cl)ccn1)S(=O)(=O)C(F)(F)F)C(F)(F)F. The minimum atomic E-state index is -6.94.